The maximum absolute atomic E-state index is 4.39. The molecule has 0 fully saturated rings. The summed E-state index contributed by atoms with van der Waals surface area (Å²) >= 11 is 0. The van der Waals surface area contributed by atoms with Crippen molar-refractivity contribution in [3.63, 3.8) is 0 Å². The van der Waals surface area contributed by atoms with Crippen molar-refractivity contribution in [3.8, 4) is 0 Å². The fourth-order valence-electron chi connectivity index (χ4n) is 5.64. The SMILES string of the molecule is CCN(CC)CCNC1=C([P+](Nc2c(C(C)C)cccc2C(C)C)(C(C)C)C(C)C)CCC1. The van der Waals surface area contributed by atoms with Gasteiger partial charge in [0.25, 0.3) is 0 Å². The molecule has 0 unspecified atom stereocenters. The minimum atomic E-state index is -1.62. The van der Waals surface area contributed by atoms with E-state index in [0.717, 1.165) is 26.2 Å². The van der Waals surface area contributed by atoms with Gasteiger partial charge in [0.2, 0.25) is 0 Å². The Morgan fingerprint density at radius 3 is 1.85 bits per heavy atom. The van der Waals surface area contributed by atoms with E-state index in [1.165, 1.54) is 36.1 Å². The van der Waals surface area contributed by atoms with Crippen molar-refractivity contribution in [2.45, 2.75) is 112 Å². The topological polar surface area (TPSA) is 27.3 Å². The van der Waals surface area contributed by atoms with Crippen LogP contribution >= 0.6 is 7.41 Å². The smallest absolute Gasteiger partial charge is 0.136 e. The van der Waals surface area contributed by atoms with Crippen LogP contribution in [0.5, 0.6) is 0 Å². The van der Waals surface area contributed by atoms with E-state index in [-0.39, 0.29) is 0 Å². The lowest BCUT2D eigenvalue weighted by atomic mass is 9.93. The van der Waals surface area contributed by atoms with Crippen molar-refractivity contribution >= 4 is 13.1 Å². The molecular weight excluding hydrogens is 421 g/mol. The molecule has 4 heteroatoms. The summed E-state index contributed by atoms with van der Waals surface area (Å²) in [5.41, 5.74) is 7.14. The number of hydrogen-bond donors (Lipinski definition) is 2. The highest BCUT2D eigenvalue weighted by molar-refractivity contribution is 7.82. The average molecular weight is 475 g/mol. The minimum absolute atomic E-state index is 0.511. The van der Waals surface area contributed by atoms with E-state index in [1.807, 2.05) is 0 Å². The third-order valence-corrected chi connectivity index (χ3v) is 12.8. The monoisotopic (exact) mass is 474 g/mol. The van der Waals surface area contributed by atoms with Gasteiger partial charge in [-0.3, -0.25) is 5.09 Å². The van der Waals surface area contributed by atoms with Crippen LogP contribution < -0.4 is 10.4 Å². The van der Waals surface area contributed by atoms with E-state index >= 15 is 0 Å². The number of likely N-dealkylation sites (N-methyl/N-ethyl adjacent to an activating group) is 1. The van der Waals surface area contributed by atoms with E-state index in [2.05, 4.69) is 103 Å². The quantitative estimate of drug-likeness (QED) is 0.281. The summed E-state index contributed by atoms with van der Waals surface area (Å²) in [5, 5.41) is 10.1. The summed E-state index contributed by atoms with van der Waals surface area (Å²) in [6.45, 7) is 28.2. The Balaban J connectivity index is 2.54. The Hall–Kier alpha value is -1.05. The Morgan fingerprint density at radius 1 is 0.848 bits per heavy atom. The highest BCUT2D eigenvalue weighted by Crippen LogP contribution is 2.75. The number of rotatable bonds is 13. The molecule has 1 aromatic rings. The first-order chi connectivity index (χ1) is 15.6. The fraction of sp³-hybridized carbons (Fsp3) is 0.724. The normalized spacial score (nSPS) is 15.1. The second-order valence-corrected chi connectivity index (χ2v) is 15.3. The molecule has 0 radical (unpaired) electrons. The van der Waals surface area contributed by atoms with Gasteiger partial charge in [0.05, 0.1) is 22.7 Å². The summed E-state index contributed by atoms with van der Waals surface area (Å²) < 4.78 is 0. The van der Waals surface area contributed by atoms with Gasteiger partial charge in [-0.15, -0.1) is 0 Å². The first-order valence-corrected chi connectivity index (χ1v) is 15.5. The first kappa shape index (κ1) is 28.2. The number of nitrogens with zero attached hydrogens (tertiary/aromatic N) is 1. The van der Waals surface area contributed by atoms with Gasteiger partial charge in [-0.05, 0) is 76.6 Å². The molecule has 188 valence electrons. The number of nitrogens with one attached hydrogen (secondary N) is 2. The van der Waals surface area contributed by atoms with Crippen molar-refractivity contribution in [1.82, 2.24) is 10.2 Å². The van der Waals surface area contributed by atoms with Gasteiger partial charge in [-0.2, -0.15) is 0 Å². The van der Waals surface area contributed by atoms with Gasteiger partial charge in [-0.25, -0.2) is 0 Å². The van der Waals surface area contributed by atoms with Crippen LogP contribution in [-0.4, -0.2) is 42.4 Å². The zero-order valence-electron chi connectivity index (χ0n) is 23.4. The van der Waals surface area contributed by atoms with E-state index in [1.54, 1.807) is 11.0 Å². The molecule has 0 heterocycles. The second-order valence-electron chi connectivity index (χ2n) is 10.9. The highest BCUT2D eigenvalue weighted by atomic mass is 31.2. The molecule has 0 saturated heterocycles. The van der Waals surface area contributed by atoms with Crippen LogP contribution in [0.25, 0.3) is 0 Å². The highest BCUT2D eigenvalue weighted by Gasteiger charge is 2.52. The number of hydrogen-bond acceptors (Lipinski definition) is 3. The summed E-state index contributed by atoms with van der Waals surface area (Å²) in [6, 6.07) is 6.96. The van der Waals surface area contributed by atoms with Crippen LogP contribution in [0, 0.1) is 0 Å². The van der Waals surface area contributed by atoms with E-state index in [4.69, 9.17) is 0 Å². The molecule has 0 amide bonds. The lowest BCUT2D eigenvalue weighted by Gasteiger charge is -2.38. The molecule has 2 N–H and O–H groups in total. The molecule has 0 atom stereocenters. The van der Waals surface area contributed by atoms with E-state index in [0.29, 0.717) is 23.2 Å². The molecule has 1 aliphatic rings. The predicted molar refractivity (Wildman–Crippen MR) is 152 cm³/mol. The zero-order chi connectivity index (χ0) is 24.8. The maximum Gasteiger partial charge on any atom is 0.136 e. The molecular formula is C29H53N3P+. The molecule has 3 nitrogen and oxygen atoms in total. The molecule has 0 aromatic heterocycles. The lowest BCUT2D eigenvalue weighted by molar-refractivity contribution is 0.305. The van der Waals surface area contributed by atoms with Gasteiger partial charge in [0, 0.05) is 19.5 Å². The lowest BCUT2D eigenvalue weighted by Crippen LogP contribution is -2.32. The van der Waals surface area contributed by atoms with Gasteiger partial charge in [0.1, 0.15) is 12.7 Å². The Labute approximate surface area is 206 Å². The first-order valence-electron chi connectivity index (χ1n) is 13.6. The molecule has 33 heavy (non-hydrogen) atoms. The van der Waals surface area contributed by atoms with E-state index < -0.39 is 7.41 Å². The Bertz CT molecular complexity index is 741. The Kier molecular flexibility index (Phi) is 10.8. The standard InChI is InChI=1S/C29H53N3P/c1-11-32(12-2)20-19-30-27-17-14-18-28(27)33(23(7)8,24(9)10)31-29-25(21(3)4)15-13-16-26(29)22(5)6/h13,15-16,21-24,30-31H,11-12,14,17-20H2,1-10H3/q+1. The molecule has 0 aliphatic heterocycles. The largest absolute Gasteiger partial charge is 0.384 e. The summed E-state index contributed by atoms with van der Waals surface area (Å²) in [7, 11) is -1.62. The molecule has 0 saturated carbocycles. The minimum Gasteiger partial charge on any atom is -0.384 e. The van der Waals surface area contributed by atoms with Crippen LogP contribution in [0.3, 0.4) is 0 Å². The maximum atomic E-state index is 4.39. The van der Waals surface area contributed by atoms with Crippen molar-refractivity contribution < 1.29 is 0 Å². The molecule has 2 rings (SSSR count). The third-order valence-electron chi connectivity index (χ3n) is 7.60. The van der Waals surface area contributed by atoms with Crippen molar-refractivity contribution in [2.24, 2.45) is 0 Å². The predicted octanol–water partition coefficient (Wildman–Crippen LogP) is 8.42. The van der Waals surface area contributed by atoms with Crippen molar-refractivity contribution in [3.05, 3.63) is 40.3 Å². The van der Waals surface area contributed by atoms with Crippen LogP contribution in [0.2, 0.25) is 0 Å². The summed E-state index contributed by atoms with van der Waals surface area (Å²) in [5.74, 6) is 1.02. The number of benzene rings is 1. The van der Waals surface area contributed by atoms with Crippen LogP contribution in [-0.2, 0) is 0 Å². The zero-order valence-corrected chi connectivity index (χ0v) is 24.3. The number of allylic oxidation sites excluding steroid dienone is 2. The van der Waals surface area contributed by atoms with Crippen LogP contribution in [0.1, 0.15) is 111 Å². The van der Waals surface area contributed by atoms with Gasteiger partial charge < -0.3 is 10.2 Å². The molecule has 1 aliphatic carbocycles. The summed E-state index contributed by atoms with van der Waals surface area (Å²) in [4.78, 5) is 2.52. The van der Waals surface area contributed by atoms with Gasteiger partial charge >= 0.3 is 0 Å². The second kappa shape index (κ2) is 12.6. The molecule has 0 spiro atoms. The molecule has 0 bridgehead atoms. The average Bonchev–Trinajstić information content (AvgIpc) is 3.22. The van der Waals surface area contributed by atoms with Crippen LogP contribution in [0.4, 0.5) is 5.69 Å². The summed E-state index contributed by atoms with van der Waals surface area (Å²) in [6.07, 6.45) is 3.74. The van der Waals surface area contributed by atoms with Crippen molar-refractivity contribution in [1.29, 1.82) is 0 Å². The third kappa shape index (κ3) is 6.34. The number of anilines is 1. The van der Waals surface area contributed by atoms with Gasteiger partial charge in [-0.1, -0.05) is 59.7 Å². The van der Waals surface area contributed by atoms with Crippen LogP contribution in [0.15, 0.2) is 29.2 Å². The number of para-hydroxylation sites is 1. The Morgan fingerprint density at radius 2 is 1.39 bits per heavy atom. The van der Waals surface area contributed by atoms with Crippen molar-refractivity contribution in [2.75, 3.05) is 31.3 Å². The molecule has 1 aromatic carbocycles. The fourth-order valence-corrected chi connectivity index (χ4v) is 10.5. The van der Waals surface area contributed by atoms with E-state index in [9.17, 15) is 0 Å². The van der Waals surface area contributed by atoms with Gasteiger partial charge in [0.15, 0.2) is 0 Å².